The maximum atomic E-state index is 6.33. The Morgan fingerprint density at radius 3 is 1.21 bits per heavy atom. The Kier molecular flexibility index (Phi) is 14.8. The summed E-state index contributed by atoms with van der Waals surface area (Å²) in [4.78, 5) is 0. The predicted molar refractivity (Wildman–Crippen MR) is 178 cm³/mol. The van der Waals surface area contributed by atoms with E-state index in [2.05, 4.69) is 37.5 Å². The van der Waals surface area contributed by atoms with E-state index in [1.54, 1.807) is 0 Å². The van der Waals surface area contributed by atoms with Crippen molar-refractivity contribution >= 4 is 11.4 Å². The van der Waals surface area contributed by atoms with Gasteiger partial charge >= 0.3 is 0 Å². The molecular weight excluding hydrogens is 516 g/mol. The molecule has 4 N–H and O–H groups in total. The molecule has 0 spiro atoms. The average Bonchev–Trinajstić information content (AvgIpc) is 3.00. The van der Waals surface area contributed by atoms with Crippen molar-refractivity contribution in [1.82, 2.24) is 0 Å². The number of hydrogen-bond donors (Lipinski definition) is 2. The van der Waals surface area contributed by atoms with Crippen molar-refractivity contribution in [3.8, 4) is 35.2 Å². The third-order valence-corrected chi connectivity index (χ3v) is 7.10. The molecule has 3 rings (SSSR count). The van der Waals surface area contributed by atoms with E-state index in [0.29, 0.717) is 13.2 Å². The Bertz CT molecular complexity index is 1220. The molecule has 0 unspecified atom stereocenters. The summed E-state index contributed by atoms with van der Waals surface area (Å²) in [6.45, 7) is 5.77. The van der Waals surface area contributed by atoms with Gasteiger partial charge < -0.3 is 20.9 Å². The van der Waals surface area contributed by atoms with E-state index in [4.69, 9.17) is 20.9 Å². The number of nitrogen functional groups attached to an aromatic ring is 2. The molecule has 42 heavy (non-hydrogen) atoms. The maximum absolute atomic E-state index is 6.33. The van der Waals surface area contributed by atoms with E-state index in [1.165, 1.54) is 51.4 Å². The summed E-state index contributed by atoms with van der Waals surface area (Å²) in [5, 5.41) is 0. The quantitative estimate of drug-likeness (QED) is 0.103. The normalized spacial score (nSPS) is 10.3. The first-order valence-corrected chi connectivity index (χ1v) is 15.8. The second kappa shape index (κ2) is 19.2. The molecule has 0 aromatic heterocycles. The highest BCUT2D eigenvalue weighted by atomic mass is 16.5. The van der Waals surface area contributed by atoms with Crippen LogP contribution in [-0.2, 0) is 0 Å². The number of hydrogen-bond acceptors (Lipinski definition) is 4. The number of ether oxygens (including phenoxy) is 2. The van der Waals surface area contributed by atoms with Crippen molar-refractivity contribution in [3.63, 3.8) is 0 Å². The van der Waals surface area contributed by atoms with E-state index < -0.39 is 0 Å². The van der Waals surface area contributed by atoms with E-state index >= 15 is 0 Å². The van der Waals surface area contributed by atoms with Crippen LogP contribution >= 0.6 is 0 Å². The van der Waals surface area contributed by atoms with Gasteiger partial charge in [-0.05, 0) is 61.4 Å². The van der Waals surface area contributed by atoms with Crippen LogP contribution in [-0.4, -0.2) is 13.2 Å². The number of rotatable bonds is 16. The molecule has 0 aliphatic carbocycles. The minimum atomic E-state index is 0.644. The standard InChI is InChI=1S/C38H48N2O2/c1-3-5-7-9-11-13-27-41-37-29-34(22-16-32-19-25-36(40)26-20-32)38(42-28-14-12-10-8-6-4-2)30-33(37)21-15-31-17-23-35(39)24-18-31/h17-20,23-26,29-30H,3-14,27-28,39-40H2,1-2H3. The lowest BCUT2D eigenvalue weighted by atomic mass is 10.1. The van der Waals surface area contributed by atoms with Gasteiger partial charge in [-0.3, -0.25) is 0 Å². The van der Waals surface area contributed by atoms with Crippen molar-refractivity contribution in [1.29, 1.82) is 0 Å². The molecule has 0 heterocycles. The van der Waals surface area contributed by atoms with Gasteiger partial charge in [0.25, 0.3) is 0 Å². The first-order valence-electron chi connectivity index (χ1n) is 15.8. The number of unbranched alkanes of at least 4 members (excludes halogenated alkanes) is 10. The molecule has 4 nitrogen and oxygen atoms in total. The Hall–Kier alpha value is -4.02. The summed E-state index contributed by atoms with van der Waals surface area (Å²) in [6.07, 6.45) is 14.5. The minimum absolute atomic E-state index is 0.644. The lowest BCUT2D eigenvalue weighted by Crippen LogP contribution is -2.03. The molecule has 222 valence electrons. The SMILES string of the molecule is CCCCCCCCOc1cc(C#Cc2ccc(N)cc2)c(OCCCCCCCC)cc1C#Cc1ccc(N)cc1. The molecule has 3 aromatic carbocycles. The van der Waals surface area contributed by atoms with Gasteiger partial charge in [0.2, 0.25) is 0 Å². The zero-order valence-corrected chi connectivity index (χ0v) is 25.6. The van der Waals surface area contributed by atoms with Crippen molar-refractivity contribution < 1.29 is 9.47 Å². The van der Waals surface area contributed by atoms with E-state index in [1.807, 2.05) is 60.7 Å². The molecule has 3 aromatic rings. The molecule has 0 aliphatic rings. The lowest BCUT2D eigenvalue weighted by Gasteiger charge is -2.14. The van der Waals surface area contributed by atoms with Gasteiger partial charge in [0, 0.05) is 34.6 Å². The second-order valence-electron chi connectivity index (χ2n) is 10.8. The lowest BCUT2D eigenvalue weighted by molar-refractivity contribution is 0.295. The highest BCUT2D eigenvalue weighted by Crippen LogP contribution is 2.29. The van der Waals surface area contributed by atoms with Crippen LogP contribution < -0.4 is 20.9 Å². The summed E-state index contributed by atoms with van der Waals surface area (Å²) >= 11 is 0. The summed E-state index contributed by atoms with van der Waals surface area (Å²) in [6, 6.07) is 19.2. The van der Waals surface area contributed by atoms with E-state index in [0.717, 1.165) is 70.8 Å². The van der Waals surface area contributed by atoms with E-state index in [9.17, 15) is 0 Å². The highest BCUT2D eigenvalue weighted by molar-refractivity contribution is 5.61. The van der Waals surface area contributed by atoms with Crippen molar-refractivity contribution in [3.05, 3.63) is 82.9 Å². The molecule has 0 saturated heterocycles. The Morgan fingerprint density at radius 2 is 0.833 bits per heavy atom. The predicted octanol–water partition coefficient (Wildman–Crippen LogP) is 9.13. The molecule has 0 fully saturated rings. The van der Waals surface area contributed by atoms with E-state index in [-0.39, 0.29) is 0 Å². The summed E-state index contributed by atoms with van der Waals surface area (Å²) < 4.78 is 12.7. The Morgan fingerprint density at radius 1 is 0.476 bits per heavy atom. The van der Waals surface area contributed by atoms with Gasteiger partial charge in [0.15, 0.2) is 0 Å². The van der Waals surface area contributed by atoms with Crippen LogP contribution in [0, 0.1) is 23.7 Å². The van der Waals surface area contributed by atoms with Gasteiger partial charge in [-0.25, -0.2) is 0 Å². The van der Waals surface area contributed by atoms with Crippen LogP contribution in [0.2, 0.25) is 0 Å². The fourth-order valence-electron chi connectivity index (χ4n) is 4.54. The number of anilines is 2. The number of nitrogens with two attached hydrogens (primary N) is 2. The number of benzene rings is 3. The maximum Gasteiger partial charge on any atom is 0.136 e. The summed E-state index contributed by atoms with van der Waals surface area (Å²) in [7, 11) is 0. The van der Waals surface area contributed by atoms with Crippen LogP contribution in [0.4, 0.5) is 11.4 Å². The fraction of sp³-hybridized carbons (Fsp3) is 0.421. The smallest absolute Gasteiger partial charge is 0.136 e. The third-order valence-electron chi connectivity index (χ3n) is 7.10. The minimum Gasteiger partial charge on any atom is -0.492 e. The van der Waals surface area contributed by atoms with Gasteiger partial charge in [0.1, 0.15) is 11.5 Å². The largest absolute Gasteiger partial charge is 0.492 e. The van der Waals surface area contributed by atoms with Gasteiger partial charge in [-0.1, -0.05) is 102 Å². The summed E-state index contributed by atoms with van der Waals surface area (Å²) in [5.41, 5.74) is 16.6. The zero-order chi connectivity index (χ0) is 29.8. The van der Waals surface area contributed by atoms with Gasteiger partial charge in [0.05, 0.1) is 24.3 Å². The van der Waals surface area contributed by atoms with Gasteiger partial charge in [-0.2, -0.15) is 0 Å². The topological polar surface area (TPSA) is 70.5 Å². The zero-order valence-electron chi connectivity index (χ0n) is 25.6. The third kappa shape index (κ3) is 12.2. The first-order chi connectivity index (χ1) is 20.6. The molecular formula is C38H48N2O2. The molecule has 0 aliphatic heterocycles. The molecule has 0 amide bonds. The van der Waals surface area contributed by atoms with Crippen LogP contribution in [0.15, 0.2) is 60.7 Å². The summed E-state index contributed by atoms with van der Waals surface area (Å²) in [5.74, 6) is 14.7. The van der Waals surface area contributed by atoms with Crippen LogP contribution in [0.25, 0.3) is 0 Å². The Balaban J connectivity index is 1.86. The molecule has 0 radical (unpaired) electrons. The molecule has 4 heteroatoms. The second-order valence-corrected chi connectivity index (χ2v) is 10.8. The van der Waals surface area contributed by atoms with Crippen LogP contribution in [0.3, 0.4) is 0 Å². The van der Waals surface area contributed by atoms with Crippen LogP contribution in [0.5, 0.6) is 11.5 Å². The monoisotopic (exact) mass is 564 g/mol. The first kappa shape index (κ1) is 32.5. The van der Waals surface area contributed by atoms with Crippen LogP contribution in [0.1, 0.15) is 113 Å². The molecule has 0 atom stereocenters. The molecule has 0 saturated carbocycles. The Labute approximate surface area is 254 Å². The van der Waals surface area contributed by atoms with Crippen molar-refractivity contribution in [2.75, 3.05) is 24.7 Å². The van der Waals surface area contributed by atoms with Crippen molar-refractivity contribution in [2.24, 2.45) is 0 Å². The average molecular weight is 565 g/mol. The van der Waals surface area contributed by atoms with Gasteiger partial charge in [-0.15, -0.1) is 0 Å². The van der Waals surface area contributed by atoms with Crippen molar-refractivity contribution in [2.45, 2.75) is 90.9 Å². The molecule has 0 bridgehead atoms. The fourth-order valence-corrected chi connectivity index (χ4v) is 4.54. The highest BCUT2D eigenvalue weighted by Gasteiger charge is 2.11.